The predicted octanol–water partition coefficient (Wildman–Crippen LogP) is 1.48. The van der Waals surface area contributed by atoms with Crippen LogP contribution in [0.3, 0.4) is 0 Å². The lowest BCUT2D eigenvalue weighted by atomic mass is 9.67. The molecular formula is C20H24N2O4. The Balaban J connectivity index is 1.54. The van der Waals surface area contributed by atoms with Crippen molar-refractivity contribution in [3.8, 4) is 0 Å². The van der Waals surface area contributed by atoms with Crippen molar-refractivity contribution in [1.82, 2.24) is 9.88 Å². The highest BCUT2D eigenvalue weighted by Gasteiger charge is 2.54. The van der Waals surface area contributed by atoms with Gasteiger partial charge in [-0.3, -0.25) is 9.59 Å². The summed E-state index contributed by atoms with van der Waals surface area (Å²) in [6.07, 6.45) is 1.19. The Morgan fingerprint density at radius 2 is 2.19 bits per heavy atom. The van der Waals surface area contributed by atoms with Gasteiger partial charge in [-0.15, -0.1) is 0 Å². The first kappa shape index (κ1) is 17.2. The number of para-hydroxylation sites is 1. The van der Waals surface area contributed by atoms with E-state index in [1.807, 2.05) is 29.7 Å². The molecule has 0 unspecified atom stereocenters. The Morgan fingerprint density at radius 3 is 3.00 bits per heavy atom. The molecule has 2 aromatic rings. The molecule has 2 fully saturated rings. The average molecular weight is 356 g/mol. The number of amides is 1. The van der Waals surface area contributed by atoms with Crippen LogP contribution < -0.4 is 10.7 Å². The number of hydrogen-bond donors (Lipinski definition) is 1. The molecule has 1 saturated carbocycles. The molecule has 0 radical (unpaired) electrons. The van der Waals surface area contributed by atoms with Crippen molar-refractivity contribution in [3.05, 3.63) is 46.2 Å². The smallest absolute Gasteiger partial charge is 0.240 e. The monoisotopic (exact) mass is 356 g/mol. The molecule has 138 valence electrons. The molecule has 1 saturated heterocycles. The fourth-order valence-electron chi connectivity index (χ4n) is 4.47. The van der Waals surface area contributed by atoms with Crippen molar-refractivity contribution in [2.45, 2.75) is 32.0 Å². The summed E-state index contributed by atoms with van der Waals surface area (Å²) in [5.74, 6) is 0.549. The molecule has 1 aromatic heterocycles. The van der Waals surface area contributed by atoms with Gasteiger partial charge in [0.15, 0.2) is 5.43 Å². The van der Waals surface area contributed by atoms with E-state index in [1.165, 1.54) is 0 Å². The summed E-state index contributed by atoms with van der Waals surface area (Å²) in [5, 5.41) is 3.82. The molecule has 2 heterocycles. The number of pyridine rings is 1. The second kappa shape index (κ2) is 6.85. The number of benzene rings is 1. The van der Waals surface area contributed by atoms with E-state index in [0.29, 0.717) is 17.9 Å². The molecule has 4 atom stereocenters. The number of methoxy groups -OCH3 is 1. The minimum absolute atomic E-state index is 0.0140. The summed E-state index contributed by atoms with van der Waals surface area (Å²) < 4.78 is 13.0. The summed E-state index contributed by atoms with van der Waals surface area (Å²) in [4.78, 5) is 24.9. The topological polar surface area (TPSA) is 69.6 Å². The maximum Gasteiger partial charge on any atom is 0.240 e. The molecule has 1 amide bonds. The number of aryl methyl sites for hydroxylation is 1. The third-order valence-corrected chi connectivity index (χ3v) is 5.74. The van der Waals surface area contributed by atoms with E-state index in [2.05, 4.69) is 5.32 Å². The van der Waals surface area contributed by atoms with Gasteiger partial charge in [-0.1, -0.05) is 12.1 Å². The van der Waals surface area contributed by atoms with E-state index in [4.69, 9.17) is 9.47 Å². The molecule has 0 bridgehead atoms. The maximum atomic E-state index is 12.7. The highest BCUT2D eigenvalue weighted by Crippen LogP contribution is 2.43. The molecule has 1 aromatic carbocycles. The summed E-state index contributed by atoms with van der Waals surface area (Å²) >= 11 is 0. The van der Waals surface area contributed by atoms with Crippen LogP contribution in [0.1, 0.15) is 12.1 Å². The van der Waals surface area contributed by atoms with Gasteiger partial charge in [-0.05, 0) is 25.5 Å². The van der Waals surface area contributed by atoms with Crippen LogP contribution in [0, 0.1) is 18.8 Å². The van der Waals surface area contributed by atoms with Gasteiger partial charge < -0.3 is 19.4 Å². The Morgan fingerprint density at radius 1 is 1.38 bits per heavy atom. The minimum atomic E-state index is -0.0432. The molecule has 0 spiro atoms. The number of nitrogens with one attached hydrogen (secondary N) is 1. The van der Waals surface area contributed by atoms with E-state index >= 15 is 0 Å². The Kier molecular flexibility index (Phi) is 4.54. The van der Waals surface area contributed by atoms with Crippen molar-refractivity contribution in [2.75, 3.05) is 20.3 Å². The summed E-state index contributed by atoms with van der Waals surface area (Å²) in [6, 6.07) is 9.10. The third kappa shape index (κ3) is 2.83. The van der Waals surface area contributed by atoms with Crippen LogP contribution in [0.2, 0.25) is 0 Å². The van der Waals surface area contributed by atoms with Crippen molar-refractivity contribution in [1.29, 1.82) is 0 Å². The molecule has 2 aliphatic rings. The summed E-state index contributed by atoms with van der Waals surface area (Å²) in [5.41, 5.74) is 1.56. The van der Waals surface area contributed by atoms with Crippen molar-refractivity contribution >= 4 is 16.8 Å². The van der Waals surface area contributed by atoms with Gasteiger partial charge in [0.1, 0.15) is 6.54 Å². The normalized spacial score (nSPS) is 27.2. The fraction of sp³-hybridized carbons (Fsp3) is 0.500. The number of carbonyl (C=O) groups is 1. The lowest BCUT2D eigenvalue weighted by Crippen LogP contribution is -2.63. The van der Waals surface area contributed by atoms with Gasteiger partial charge in [0.05, 0.1) is 18.2 Å². The van der Waals surface area contributed by atoms with E-state index in [9.17, 15) is 9.59 Å². The number of hydrogen-bond acceptors (Lipinski definition) is 4. The molecule has 6 nitrogen and oxygen atoms in total. The maximum absolute atomic E-state index is 12.7. The second-order valence-corrected chi connectivity index (χ2v) is 7.25. The molecular weight excluding hydrogens is 332 g/mol. The van der Waals surface area contributed by atoms with Crippen LogP contribution >= 0.6 is 0 Å². The van der Waals surface area contributed by atoms with Gasteiger partial charge >= 0.3 is 0 Å². The first-order valence-electron chi connectivity index (χ1n) is 9.09. The van der Waals surface area contributed by atoms with Crippen LogP contribution in [0.5, 0.6) is 0 Å². The second-order valence-electron chi connectivity index (χ2n) is 7.25. The highest BCUT2D eigenvalue weighted by atomic mass is 16.5. The molecule has 1 N–H and O–H groups in total. The number of nitrogens with zero attached hydrogens (tertiary/aromatic N) is 1. The van der Waals surface area contributed by atoms with Crippen LogP contribution in [-0.4, -0.2) is 42.9 Å². The number of carbonyl (C=O) groups excluding carboxylic acids is 1. The zero-order valence-corrected chi connectivity index (χ0v) is 15.1. The van der Waals surface area contributed by atoms with Gasteiger partial charge in [-0.2, -0.15) is 0 Å². The fourth-order valence-corrected chi connectivity index (χ4v) is 4.47. The van der Waals surface area contributed by atoms with Crippen molar-refractivity contribution < 1.29 is 14.3 Å². The van der Waals surface area contributed by atoms with Gasteiger partial charge in [0.25, 0.3) is 0 Å². The van der Waals surface area contributed by atoms with Crippen LogP contribution in [-0.2, 0) is 20.8 Å². The Hall–Kier alpha value is -2.18. The minimum Gasteiger partial charge on any atom is -0.384 e. The average Bonchev–Trinajstić information content (AvgIpc) is 3.06. The summed E-state index contributed by atoms with van der Waals surface area (Å²) in [7, 11) is 1.68. The first-order chi connectivity index (χ1) is 12.6. The number of rotatable bonds is 5. The van der Waals surface area contributed by atoms with Gasteiger partial charge in [0, 0.05) is 48.7 Å². The Labute approximate surface area is 152 Å². The summed E-state index contributed by atoms with van der Waals surface area (Å²) in [6.45, 7) is 3.40. The van der Waals surface area contributed by atoms with Crippen molar-refractivity contribution in [3.63, 3.8) is 0 Å². The van der Waals surface area contributed by atoms with Crippen LogP contribution in [0.4, 0.5) is 0 Å². The SMILES string of the molecule is COC[C@H]1[C@@H](NC(=O)Cn2c(C)cc(=O)c3ccccc32)[C@H]2CCO[C@H]21. The largest absolute Gasteiger partial charge is 0.384 e. The van der Waals surface area contributed by atoms with E-state index < -0.39 is 0 Å². The van der Waals surface area contributed by atoms with Crippen LogP contribution in [0.15, 0.2) is 35.1 Å². The standard InChI is InChI=1S/C20H24N2O4/c1-12-9-17(23)13-5-3-4-6-16(13)22(12)10-18(24)21-19-14-7-8-26-20(14)15(19)11-25-2/h3-6,9,14-15,19-20H,7-8,10-11H2,1-2H3,(H,21,24)/t14-,15+,19+,20-/m1/s1. The van der Waals surface area contributed by atoms with Crippen LogP contribution in [0.25, 0.3) is 10.9 Å². The molecule has 1 aliphatic heterocycles. The lowest BCUT2D eigenvalue weighted by molar-refractivity contribution is -0.130. The highest BCUT2D eigenvalue weighted by molar-refractivity contribution is 5.82. The molecule has 26 heavy (non-hydrogen) atoms. The lowest BCUT2D eigenvalue weighted by Gasteiger charge is -2.47. The quantitative estimate of drug-likeness (QED) is 0.881. The Bertz CT molecular complexity index is 891. The van der Waals surface area contributed by atoms with E-state index in [0.717, 1.165) is 24.2 Å². The molecule has 1 aliphatic carbocycles. The molecule has 4 rings (SSSR count). The number of aromatic nitrogens is 1. The number of fused-ring (bicyclic) bond motifs is 2. The zero-order chi connectivity index (χ0) is 18.3. The third-order valence-electron chi connectivity index (χ3n) is 5.74. The first-order valence-corrected chi connectivity index (χ1v) is 9.09. The van der Waals surface area contributed by atoms with Gasteiger partial charge in [0.2, 0.25) is 5.91 Å². The van der Waals surface area contributed by atoms with E-state index in [-0.39, 0.29) is 35.9 Å². The van der Waals surface area contributed by atoms with E-state index in [1.54, 1.807) is 19.2 Å². The zero-order valence-electron chi connectivity index (χ0n) is 15.1. The molecule has 6 heteroatoms. The van der Waals surface area contributed by atoms with Gasteiger partial charge in [-0.25, -0.2) is 0 Å². The predicted molar refractivity (Wildman–Crippen MR) is 98.1 cm³/mol. The number of ether oxygens (including phenoxy) is 2. The van der Waals surface area contributed by atoms with Crippen molar-refractivity contribution in [2.24, 2.45) is 11.8 Å².